The molecular weight excluding hydrogens is 200 g/mol. The van der Waals surface area contributed by atoms with E-state index < -0.39 is 0 Å². The third-order valence-electron chi connectivity index (χ3n) is 1.71. The number of ether oxygens (including phenoxy) is 2. The number of hydrogen-bond acceptors (Lipinski definition) is 2. The van der Waals surface area contributed by atoms with E-state index in [-0.39, 0.29) is 0 Å². The summed E-state index contributed by atoms with van der Waals surface area (Å²) in [5.74, 6) is 0.540. The molecule has 0 heterocycles. The van der Waals surface area contributed by atoms with Crippen molar-refractivity contribution < 1.29 is 9.47 Å². The van der Waals surface area contributed by atoms with Gasteiger partial charge in [-0.25, -0.2) is 0 Å². The molecule has 2 nitrogen and oxygen atoms in total. The van der Waals surface area contributed by atoms with Crippen LogP contribution in [0.5, 0.6) is 0 Å². The summed E-state index contributed by atoms with van der Waals surface area (Å²) in [6.45, 7) is 2.46. The highest BCUT2D eigenvalue weighted by Gasteiger charge is 1.91. The van der Waals surface area contributed by atoms with Crippen molar-refractivity contribution in [3.8, 4) is 0 Å². The van der Waals surface area contributed by atoms with E-state index in [4.69, 9.17) is 21.1 Å². The van der Waals surface area contributed by atoms with Crippen LogP contribution in [0.2, 0.25) is 0 Å². The first-order chi connectivity index (χ1) is 6.93. The van der Waals surface area contributed by atoms with E-state index in [1.807, 2.05) is 30.3 Å². The largest absolute Gasteiger partial charge is 0.378 e. The van der Waals surface area contributed by atoms with Gasteiger partial charge in [0.15, 0.2) is 0 Å². The van der Waals surface area contributed by atoms with Crippen molar-refractivity contribution in [2.45, 2.75) is 6.61 Å². The van der Waals surface area contributed by atoms with E-state index in [9.17, 15) is 0 Å². The van der Waals surface area contributed by atoms with Gasteiger partial charge in [-0.1, -0.05) is 30.3 Å². The minimum Gasteiger partial charge on any atom is -0.378 e. The monoisotopic (exact) mass is 214 g/mol. The lowest BCUT2D eigenvalue weighted by molar-refractivity contribution is 0.0459. The number of rotatable bonds is 7. The van der Waals surface area contributed by atoms with Crippen LogP contribution in [0.3, 0.4) is 0 Å². The molecule has 0 unspecified atom stereocenters. The summed E-state index contributed by atoms with van der Waals surface area (Å²) in [6.07, 6.45) is 0. The highest BCUT2D eigenvalue weighted by Crippen LogP contribution is 1.99. The first-order valence-corrected chi connectivity index (χ1v) is 5.22. The van der Waals surface area contributed by atoms with Gasteiger partial charge < -0.3 is 9.47 Å². The van der Waals surface area contributed by atoms with E-state index in [2.05, 4.69) is 0 Å². The Morgan fingerprint density at radius 2 is 1.64 bits per heavy atom. The van der Waals surface area contributed by atoms with Gasteiger partial charge in [0.05, 0.1) is 26.4 Å². The Labute approximate surface area is 89.8 Å². The van der Waals surface area contributed by atoms with Gasteiger partial charge in [0, 0.05) is 5.88 Å². The molecule has 1 aromatic carbocycles. The fourth-order valence-electron chi connectivity index (χ4n) is 1.04. The van der Waals surface area contributed by atoms with Gasteiger partial charge in [-0.05, 0) is 5.56 Å². The standard InChI is InChI=1S/C11H15ClO2/c12-6-7-13-8-9-14-10-11-4-2-1-3-5-11/h1-5H,6-10H2. The van der Waals surface area contributed by atoms with Gasteiger partial charge in [0.1, 0.15) is 0 Å². The fourth-order valence-corrected chi connectivity index (χ4v) is 1.15. The van der Waals surface area contributed by atoms with Crippen molar-refractivity contribution in [3.05, 3.63) is 35.9 Å². The lowest BCUT2D eigenvalue weighted by Crippen LogP contribution is -2.05. The van der Waals surface area contributed by atoms with E-state index in [0.717, 1.165) is 0 Å². The van der Waals surface area contributed by atoms with Crippen molar-refractivity contribution in [2.75, 3.05) is 25.7 Å². The van der Waals surface area contributed by atoms with Crippen LogP contribution in [-0.4, -0.2) is 25.7 Å². The van der Waals surface area contributed by atoms with Gasteiger partial charge in [0.2, 0.25) is 0 Å². The number of halogens is 1. The van der Waals surface area contributed by atoms with Crippen molar-refractivity contribution in [1.82, 2.24) is 0 Å². The molecule has 0 spiro atoms. The predicted octanol–water partition coefficient (Wildman–Crippen LogP) is 2.46. The molecule has 1 aromatic rings. The molecule has 1 rings (SSSR count). The van der Waals surface area contributed by atoms with Crippen LogP contribution in [0.15, 0.2) is 30.3 Å². The second kappa shape index (κ2) is 7.80. The zero-order valence-corrected chi connectivity index (χ0v) is 8.87. The van der Waals surface area contributed by atoms with E-state index >= 15 is 0 Å². The average Bonchev–Trinajstić information content (AvgIpc) is 2.25. The van der Waals surface area contributed by atoms with E-state index in [1.165, 1.54) is 5.56 Å². The Bertz CT molecular complexity index is 226. The summed E-state index contributed by atoms with van der Waals surface area (Å²) in [7, 11) is 0. The molecule has 0 atom stereocenters. The summed E-state index contributed by atoms with van der Waals surface area (Å²) in [4.78, 5) is 0. The van der Waals surface area contributed by atoms with Crippen LogP contribution in [-0.2, 0) is 16.1 Å². The SMILES string of the molecule is ClCCOCCOCc1ccccc1. The molecule has 0 aliphatic carbocycles. The third kappa shape index (κ3) is 5.22. The predicted molar refractivity (Wildman–Crippen MR) is 57.6 cm³/mol. The molecule has 14 heavy (non-hydrogen) atoms. The van der Waals surface area contributed by atoms with Crippen LogP contribution < -0.4 is 0 Å². The molecule has 0 aliphatic rings. The Kier molecular flexibility index (Phi) is 6.41. The zero-order valence-electron chi connectivity index (χ0n) is 8.12. The lowest BCUT2D eigenvalue weighted by atomic mass is 10.2. The van der Waals surface area contributed by atoms with Gasteiger partial charge in [0.25, 0.3) is 0 Å². The maximum absolute atomic E-state index is 5.44. The summed E-state index contributed by atoms with van der Waals surface area (Å²) in [6, 6.07) is 10.1. The highest BCUT2D eigenvalue weighted by atomic mass is 35.5. The molecular formula is C11H15ClO2. The summed E-state index contributed by atoms with van der Waals surface area (Å²) >= 11 is 5.44. The van der Waals surface area contributed by atoms with Gasteiger partial charge in [-0.15, -0.1) is 11.6 Å². The van der Waals surface area contributed by atoms with E-state index in [0.29, 0.717) is 32.3 Å². The number of hydrogen-bond donors (Lipinski definition) is 0. The quantitative estimate of drug-likeness (QED) is 0.513. The molecule has 78 valence electrons. The van der Waals surface area contributed by atoms with Crippen LogP contribution >= 0.6 is 11.6 Å². The average molecular weight is 215 g/mol. The van der Waals surface area contributed by atoms with Crippen LogP contribution in [0, 0.1) is 0 Å². The zero-order chi connectivity index (χ0) is 10.1. The fraction of sp³-hybridized carbons (Fsp3) is 0.455. The molecule has 0 saturated carbocycles. The van der Waals surface area contributed by atoms with Crippen LogP contribution in [0.4, 0.5) is 0 Å². The Hall–Kier alpha value is -0.570. The molecule has 0 N–H and O–H groups in total. The van der Waals surface area contributed by atoms with Crippen molar-refractivity contribution in [1.29, 1.82) is 0 Å². The van der Waals surface area contributed by atoms with Gasteiger partial charge in [-0.3, -0.25) is 0 Å². The maximum Gasteiger partial charge on any atom is 0.0718 e. The van der Waals surface area contributed by atoms with Crippen LogP contribution in [0.1, 0.15) is 5.56 Å². The molecule has 0 amide bonds. The smallest absolute Gasteiger partial charge is 0.0718 e. The summed E-state index contributed by atoms with van der Waals surface area (Å²) < 4.78 is 10.6. The molecule has 0 fully saturated rings. The van der Waals surface area contributed by atoms with Crippen molar-refractivity contribution in [2.24, 2.45) is 0 Å². The highest BCUT2D eigenvalue weighted by molar-refractivity contribution is 6.17. The van der Waals surface area contributed by atoms with Crippen molar-refractivity contribution in [3.63, 3.8) is 0 Å². The normalized spacial score (nSPS) is 10.4. The van der Waals surface area contributed by atoms with E-state index in [1.54, 1.807) is 0 Å². The minimum atomic E-state index is 0.540. The topological polar surface area (TPSA) is 18.5 Å². The summed E-state index contributed by atoms with van der Waals surface area (Å²) in [5.41, 5.74) is 1.19. The lowest BCUT2D eigenvalue weighted by Gasteiger charge is -2.04. The number of benzene rings is 1. The first-order valence-electron chi connectivity index (χ1n) is 4.69. The maximum atomic E-state index is 5.44. The van der Waals surface area contributed by atoms with Crippen molar-refractivity contribution >= 4 is 11.6 Å². The second-order valence-electron chi connectivity index (χ2n) is 2.84. The van der Waals surface area contributed by atoms with Gasteiger partial charge >= 0.3 is 0 Å². The molecule has 3 heteroatoms. The number of alkyl halides is 1. The first kappa shape index (κ1) is 11.5. The molecule has 0 radical (unpaired) electrons. The second-order valence-corrected chi connectivity index (χ2v) is 3.22. The van der Waals surface area contributed by atoms with Gasteiger partial charge in [-0.2, -0.15) is 0 Å². The molecule has 0 saturated heterocycles. The molecule has 0 aliphatic heterocycles. The summed E-state index contributed by atoms with van der Waals surface area (Å²) in [5, 5.41) is 0. The van der Waals surface area contributed by atoms with Crippen LogP contribution in [0.25, 0.3) is 0 Å². The molecule has 0 aromatic heterocycles. The Balaban J connectivity index is 1.99. The molecule has 0 bridgehead atoms. The minimum absolute atomic E-state index is 0.540. The Morgan fingerprint density at radius 1 is 0.929 bits per heavy atom. The Morgan fingerprint density at radius 3 is 2.36 bits per heavy atom. The third-order valence-corrected chi connectivity index (χ3v) is 1.86.